The minimum absolute atomic E-state index is 0.254. The third kappa shape index (κ3) is 4.05. The molecule has 1 aromatic carbocycles. The number of carbonyl (C=O) groups is 1. The van der Waals surface area contributed by atoms with Crippen LogP contribution in [0.15, 0.2) is 24.3 Å². The molecular formula is C17H24N2O2. The molecule has 1 N–H and O–H groups in total. The van der Waals surface area contributed by atoms with E-state index in [1.54, 1.807) is 5.56 Å². The largest absolute Gasteiger partial charge is 0.481 e. The van der Waals surface area contributed by atoms with E-state index in [1.165, 1.54) is 18.4 Å². The van der Waals surface area contributed by atoms with E-state index in [9.17, 15) is 4.79 Å². The quantitative estimate of drug-likeness (QED) is 0.871. The molecule has 0 aromatic heterocycles. The highest BCUT2D eigenvalue weighted by Crippen LogP contribution is 2.41. The molecule has 0 atom stereocenters. The Morgan fingerprint density at radius 1 is 1.10 bits per heavy atom. The number of piperazine rings is 1. The van der Waals surface area contributed by atoms with E-state index in [0.29, 0.717) is 6.54 Å². The van der Waals surface area contributed by atoms with Crippen LogP contribution in [0.2, 0.25) is 0 Å². The molecule has 21 heavy (non-hydrogen) atoms. The van der Waals surface area contributed by atoms with Crippen molar-refractivity contribution in [1.82, 2.24) is 9.80 Å². The number of rotatable bonds is 6. The fourth-order valence-corrected chi connectivity index (χ4v) is 3.14. The van der Waals surface area contributed by atoms with E-state index in [0.717, 1.165) is 38.6 Å². The first-order chi connectivity index (χ1) is 10.2. The second kappa shape index (κ2) is 6.58. The van der Waals surface area contributed by atoms with Crippen LogP contribution in [0, 0.1) is 0 Å². The summed E-state index contributed by atoms with van der Waals surface area (Å²) in [5.74, 6) is 0.105. The van der Waals surface area contributed by atoms with Crippen LogP contribution in [-0.4, -0.2) is 53.6 Å². The van der Waals surface area contributed by atoms with Crippen LogP contribution in [0.5, 0.6) is 0 Å². The smallest absolute Gasteiger partial charge is 0.304 e. The summed E-state index contributed by atoms with van der Waals surface area (Å²) < 4.78 is 0. The molecule has 114 valence electrons. The molecule has 4 heteroatoms. The molecule has 2 aliphatic rings. The van der Waals surface area contributed by atoms with Gasteiger partial charge in [0.25, 0.3) is 0 Å². The fraction of sp³-hybridized carbons (Fsp3) is 0.588. The molecule has 0 spiro atoms. The maximum absolute atomic E-state index is 10.6. The van der Waals surface area contributed by atoms with Crippen LogP contribution in [0.4, 0.5) is 0 Å². The normalized spacial score (nSPS) is 20.6. The maximum Gasteiger partial charge on any atom is 0.304 e. The monoisotopic (exact) mass is 288 g/mol. The number of hydrogen-bond donors (Lipinski definition) is 1. The van der Waals surface area contributed by atoms with Gasteiger partial charge in [-0.1, -0.05) is 24.3 Å². The van der Waals surface area contributed by atoms with Crippen LogP contribution >= 0.6 is 0 Å². The highest BCUT2D eigenvalue weighted by atomic mass is 16.4. The molecule has 1 aliphatic heterocycles. The number of hydrogen-bond acceptors (Lipinski definition) is 3. The molecule has 1 aliphatic carbocycles. The Balaban J connectivity index is 1.50. The van der Waals surface area contributed by atoms with Gasteiger partial charge in [0, 0.05) is 39.3 Å². The van der Waals surface area contributed by atoms with E-state index in [-0.39, 0.29) is 6.42 Å². The van der Waals surface area contributed by atoms with Crippen molar-refractivity contribution < 1.29 is 9.90 Å². The lowest BCUT2D eigenvalue weighted by atomic mass is 10.0. The zero-order chi connectivity index (χ0) is 14.7. The number of nitrogens with zero attached hydrogens (tertiary/aromatic N) is 2. The van der Waals surface area contributed by atoms with E-state index in [4.69, 9.17) is 5.11 Å². The van der Waals surface area contributed by atoms with Crippen molar-refractivity contribution in [2.75, 3.05) is 32.7 Å². The van der Waals surface area contributed by atoms with Gasteiger partial charge in [0.05, 0.1) is 6.42 Å². The number of carboxylic acids is 1. The zero-order valence-electron chi connectivity index (χ0n) is 12.5. The summed E-state index contributed by atoms with van der Waals surface area (Å²) in [5.41, 5.74) is 3.03. The molecule has 1 saturated heterocycles. The molecule has 0 radical (unpaired) electrons. The van der Waals surface area contributed by atoms with Crippen molar-refractivity contribution in [3.63, 3.8) is 0 Å². The molecule has 3 rings (SSSR count). The van der Waals surface area contributed by atoms with Gasteiger partial charge in [0.15, 0.2) is 0 Å². The minimum atomic E-state index is -0.698. The molecule has 1 heterocycles. The predicted molar refractivity (Wildman–Crippen MR) is 82.4 cm³/mol. The van der Waals surface area contributed by atoms with Crippen molar-refractivity contribution in [3.05, 3.63) is 35.4 Å². The molecular weight excluding hydrogens is 264 g/mol. The number of aliphatic carboxylic acids is 1. The lowest BCUT2D eigenvalue weighted by molar-refractivity contribution is -0.137. The summed E-state index contributed by atoms with van der Waals surface area (Å²) in [5, 5.41) is 8.74. The van der Waals surface area contributed by atoms with Gasteiger partial charge in [-0.25, -0.2) is 0 Å². The Morgan fingerprint density at radius 2 is 1.76 bits per heavy atom. The van der Waals surface area contributed by atoms with Crippen molar-refractivity contribution in [3.8, 4) is 0 Å². The van der Waals surface area contributed by atoms with Gasteiger partial charge in [-0.15, -0.1) is 0 Å². The van der Waals surface area contributed by atoms with Crippen molar-refractivity contribution in [1.29, 1.82) is 0 Å². The van der Waals surface area contributed by atoms with Crippen LogP contribution in [0.25, 0.3) is 0 Å². The fourth-order valence-electron chi connectivity index (χ4n) is 3.14. The SMILES string of the molecule is O=C(O)CCN1CCN(Cc2ccccc2C2CC2)CC1. The zero-order valence-corrected chi connectivity index (χ0v) is 12.5. The summed E-state index contributed by atoms with van der Waals surface area (Å²) in [4.78, 5) is 15.4. The van der Waals surface area contributed by atoms with Crippen LogP contribution in [-0.2, 0) is 11.3 Å². The summed E-state index contributed by atoms with van der Waals surface area (Å²) >= 11 is 0. The van der Waals surface area contributed by atoms with Gasteiger partial charge in [0.1, 0.15) is 0 Å². The third-order valence-corrected chi connectivity index (χ3v) is 4.57. The van der Waals surface area contributed by atoms with E-state index < -0.39 is 5.97 Å². The molecule has 4 nitrogen and oxygen atoms in total. The standard InChI is InChI=1S/C17H24N2O2/c20-17(21)7-8-18-9-11-19(12-10-18)13-15-3-1-2-4-16(15)14-5-6-14/h1-4,14H,5-13H2,(H,20,21). The van der Waals surface area contributed by atoms with E-state index in [2.05, 4.69) is 34.1 Å². The first-order valence-electron chi connectivity index (χ1n) is 7.96. The van der Waals surface area contributed by atoms with Gasteiger partial charge in [-0.05, 0) is 29.9 Å². The highest BCUT2D eigenvalue weighted by Gasteiger charge is 2.26. The number of benzene rings is 1. The highest BCUT2D eigenvalue weighted by molar-refractivity contribution is 5.66. The van der Waals surface area contributed by atoms with E-state index in [1.807, 2.05) is 0 Å². The summed E-state index contributed by atoms with van der Waals surface area (Å²) in [6, 6.07) is 8.85. The maximum atomic E-state index is 10.6. The van der Waals surface area contributed by atoms with Gasteiger partial charge < -0.3 is 10.0 Å². The van der Waals surface area contributed by atoms with Crippen LogP contribution in [0.3, 0.4) is 0 Å². The summed E-state index contributed by atoms with van der Waals surface area (Å²) in [6.45, 7) is 5.77. The van der Waals surface area contributed by atoms with Gasteiger partial charge >= 0.3 is 5.97 Å². The molecule has 1 saturated carbocycles. The van der Waals surface area contributed by atoms with Gasteiger partial charge in [-0.2, -0.15) is 0 Å². The first kappa shape index (κ1) is 14.5. The second-order valence-electron chi connectivity index (χ2n) is 6.23. The Morgan fingerprint density at radius 3 is 2.43 bits per heavy atom. The number of carboxylic acid groups (broad SMARTS) is 1. The Bertz CT molecular complexity index is 491. The van der Waals surface area contributed by atoms with Crippen LogP contribution in [0.1, 0.15) is 36.3 Å². The third-order valence-electron chi connectivity index (χ3n) is 4.57. The molecule has 0 amide bonds. The van der Waals surface area contributed by atoms with Crippen molar-refractivity contribution in [2.24, 2.45) is 0 Å². The first-order valence-corrected chi connectivity index (χ1v) is 7.96. The summed E-state index contributed by atoms with van der Waals surface area (Å²) in [6.07, 6.45) is 2.95. The molecule has 0 bridgehead atoms. The van der Waals surface area contributed by atoms with Gasteiger partial charge in [0.2, 0.25) is 0 Å². The lowest BCUT2D eigenvalue weighted by Crippen LogP contribution is -2.46. The molecule has 1 aromatic rings. The summed E-state index contributed by atoms with van der Waals surface area (Å²) in [7, 11) is 0. The second-order valence-corrected chi connectivity index (χ2v) is 6.23. The average Bonchev–Trinajstić information content (AvgIpc) is 3.32. The van der Waals surface area contributed by atoms with Crippen LogP contribution < -0.4 is 0 Å². The van der Waals surface area contributed by atoms with E-state index >= 15 is 0 Å². The van der Waals surface area contributed by atoms with Gasteiger partial charge in [-0.3, -0.25) is 9.69 Å². The predicted octanol–water partition coefficient (Wildman–Crippen LogP) is 2.16. The van der Waals surface area contributed by atoms with Crippen molar-refractivity contribution in [2.45, 2.75) is 31.7 Å². The minimum Gasteiger partial charge on any atom is -0.481 e. The Labute approximate surface area is 126 Å². The lowest BCUT2D eigenvalue weighted by Gasteiger charge is -2.34. The molecule has 0 unspecified atom stereocenters. The Hall–Kier alpha value is -1.39. The topological polar surface area (TPSA) is 43.8 Å². The Kier molecular flexibility index (Phi) is 4.56. The van der Waals surface area contributed by atoms with Crippen molar-refractivity contribution >= 4 is 5.97 Å². The molecule has 2 fully saturated rings. The average molecular weight is 288 g/mol.